The fourth-order valence-electron chi connectivity index (χ4n) is 4.14. The number of halogens is 1. The molecule has 2 aliphatic heterocycles. The van der Waals surface area contributed by atoms with Crippen LogP contribution in [0.15, 0.2) is 24.3 Å². The predicted molar refractivity (Wildman–Crippen MR) is 97.3 cm³/mol. The third-order valence-electron chi connectivity index (χ3n) is 5.60. The number of carbonyl (C=O) groups is 1. The van der Waals surface area contributed by atoms with Gasteiger partial charge in [-0.3, -0.25) is 15.6 Å². The average molecular weight is 347 g/mol. The smallest absolute Gasteiger partial charge is 0.228 e. The number of likely N-dealkylation sites (tertiary alicyclic amines) is 1. The van der Waals surface area contributed by atoms with E-state index in [9.17, 15) is 9.18 Å². The van der Waals surface area contributed by atoms with Gasteiger partial charge < -0.3 is 4.90 Å². The average Bonchev–Trinajstić information content (AvgIpc) is 3.09. The second-order valence-corrected chi connectivity index (χ2v) is 7.48. The molecule has 3 atom stereocenters. The summed E-state index contributed by atoms with van der Waals surface area (Å²) in [7, 11) is 0. The van der Waals surface area contributed by atoms with Crippen molar-refractivity contribution in [2.45, 2.75) is 51.5 Å². The molecule has 25 heavy (non-hydrogen) atoms. The summed E-state index contributed by atoms with van der Waals surface area (Å²) in [6.45, 7) is 4.66. The van der Waals surface area contributed by atoms with E-state index in [0.29, 0.717) is 11.8 Å². The molecular formula is C20H30FN3O. The van der Waals surface area contributed by atoms with E-state index in [1.54, 1.807) is 0 Å². The van der Waals surface area contributed by atoms with E-state index in [1.165, 1.54) is 24.1 Å². The SMILES string of the molecule is CCCC1NNCC1C(=O)N1CCCC(CCc2ccc(F)cc2)C1. The minimum atomic E-state index is -0.182. The van der Waals surface area contributed by atoms with Crippen molar-refractivity contribution >= 4 is 5.91 Å². The van der Waals surface area contributed by atoms with Gasteiger partial charge in [-0.15, -0.1) is 0 Å². The van der Waals surface area contributed by atoms with Gasteiger partial charge in [-0.25, -0.2) is 4.39 Å². The molecule has 2 heterocycles. The summed E-state index contributed by atoms with van der Waals surface area (Å²) in [6.07, 6.45) is 6.41. The van der Waals surface area contributed by atoms with E-state index in [1.807, 2.05) is 12.1 Å². The van der Waals surface area contributed by atoms with Gasteiger partial charge in [-0.2, -0.15) is 0 Å². The van der Waals surface area contributed by atoms with Crippen molar-refractivity contribution in [2.75, 3.05) is 19.6 Å². The number of benzene rings is 1. The fraction of sp³-hybridized carbons (Fsp3) is 0.650. The quantitative estimate of drug-likeness (QED) is 0.832. The fourth-order valence-corrected chi connectivity index (χ4v) is 4.14. The number of piperidine rings is 1. The summed E-state index contributed by atoms with van der Waals surface area (Å²) >= 11 is 0. The van der Waals surface area contributed by atoms with E-state index in [0.717, 1.165) is 51.7 Å². The Balaban J connectivity index is 1.51. The number of rotatable bonds is 6. The molecule has 3 rings (SSSR count). The van der Waals surface area contributed by atoms with Crippen LogP contribution < -0.4 is 10.9 Å². The van der Waals surface area contributed by atoms with E-state index >= 15 is 0 Å². The molecule has 2 aliphatic rings. The minimum absolute atomic E-state index is 0.0656. The van der Waals surface area contributed by atoms with Crippen LogP contribution in [0.2, 0.25) is 0 Å². The van der Waals surface area contributed by atoms with E-state index in [2.05, 4.69) is 22.7 Å². The van der Waals surface area contributed by atoms with Crippen LogP contribution in [-0.4, -0.2) is 36.5 Å². The highest BCUT2D eigenvalue weighted by atomic mass is 19.1. The number of aryl methyl sites for hydroxylation is 1. The Morgan fingerprint density at radius 3 is 2.84 bits per heavy atom. The first kappa shape index (κ1) is 18.3. The molecule has 2 fully saturated rings. The summed E-state index contributed by atoms with van der Waals surface area (Å²) in [5.74, 6) is 0.742. The minimum Gasteiger partial charge on any atom is -0.342 e. The van der Waals surface area contributed by atoms with Crippen LogP contribution in [0.25, 0.3) is 0 Å². The Hall–Kier alpha value is -1.46. The first-order valence-corrected chi connectivity index (χ1v) is 9.69. The molecule has 0 bridgehead atoms. The molecule has 0 aliphatic carbocycles. The highest BCUT2D eigenvalue weighted by molar-refractivity contribution is 5.80. The van der Waals surface area contributed by atoms with Crippen molar-refractivity contribution in [3.8, 4) is 0 Å². The standard InChI is InChI=1S/C20H30FN3O/c1-2-4-19-18(13-22-23-19)20(25)24-12-3-5-16(14-24)7-6-15-8-10-17(21)11-9-15/h8-11,16,18-19,22-23H,2-7,12-14H2,1H3. The molecule has 1 amide bonds. The molecule has 138 valence electrons. The monoisotopic (exact) mass is 347 g/mol. The number of nitrogens with zero attached hydrogens (tertiary/aromatic N) is 1. The van der Waals surface area contributed by atoms with Gasteiger partial charge in [0, 0.05) is 25.7 Å². The lowest BCUT2D eigenvalue weighted by Crippen LogP contribution is -2.46. The van der Waals surface area contributed by atoms with Crippen LogP contribution in [0.4, 0.5) is 4.39 Å². The van der Waals surface area contributed by atoms with Crippen molar-refractivity contribution < 1.29 is 9.18 Å². The van der Waals surface area contributed by atoms with Crippen molar-refractivity contribution in [1.82, 2.24) is 15.8 Å². The molecule has 2 saturated heterocycles. The lowest BCUT2D eigenvalue weighted by Gasteiger charge is -2.35. The Kier molecular flexibility index (Phi) is 6.43. The second kappa shape index (κ2) is 8.77. The summed E-state index contributed by atoms with van der Waals surface area (Å²) in [6, 6.07) is 7.05. The van der Waals surface area contributed by atoms with Crippen molar-refractivity contribution in [3.05, 3.63) is 35.6 Å². The van der Waals surface area contributed by atoms with Crippen molar-refractivity contribution in [1.29, 1.82) is 0 Å². The largest absolute Gasteiger partial charge is 0.342 e. The highest BCUT2D eigenvalue weighted by Gasteiger charge is 2.36. The van der Waals surface area contributed by atoms with Crippen LogP contribution >= 0.6 is 0 Å². The van der Waals surface area contributed by atoms with E-state index in [-0.39, 0.29) is 17.8 Å². The summed E-state index contributed by atoms with van der Waals surface area (Å²) in [4.78, 5) is 15.0. The molecule has 0 saturated carbocycles. The van der Waals surface area contributed by atoms with Crippen molar-refractivity contribution in [2.24, 2.45) is 11.8 Å². The maximum atomic E-state index is 13.0. The van der Waals surface area contributed by atoms with Gasteiger partial charge in [0.25, 0.3) is 0 Å². The van der Waals surface area contributed by atoms with Gasteiger partial charge in [-0.1, -0.05) is 25.5 Å². The first-order valence-electron chi connectivity index (χ1n) is 9.69. The van der Waals surface area contributed by atoms with Crippen LogP contribution in [0.1, 0.15) is 44.6 Å². The zero-order valence-corrected chi connectivity index (χ0v) is 15.1. The van der Waals surface area contributed by atoms with Gasteiger partial charge in [0.15, 0.2) is 0 Å². The van der Waals surface area contributed by atoms with Gasteiger partial charge in [0.1, 0.15) is 5.82 Å². The Morgan fingerprint density at radius 2 is 2.08 bits per heavy atom. The zero-order valence-electron chi connectivity index (χ0n) is 15.1. The Bertz CT molecular complexity index is 563. The molecule has 1 aromatic carbocycles. The Labute approximate surface area is 150 Å². The van der Waals surface area contributed by atoms with Gasteiger partial charge >= 0.3 is 0 Å². The summed E-state index contributed by atoms with van der Waals surface area (Å²) in [5.41, 5.74) is 7.60. The molecule has 0 aromatic heterocycles. The van der Waals surface area contributed by atoms with Crippen LogP contribution in [-0.2, 0) is 11.2 Å². The Morgan fingerprint density at radius 1 is 1.28 bits per heavy atom. The predicted octanol–water partition coefficient (Wildman–Crippen LogP) is 2.89. The number of hydrogen-bond donors (Lipinski definition) is 2. The van der Waals surface area contributed by atoms with Crippen molar-refractivity contribution in [3.63, 3.8) is 0 Å². The third-order valence-corrected chi connectivity index (χ3v) is 5.60. The van der Waals surface area contributed by atoms with Gasteiger partial charge in [0.2, 0.25) is 5.91 Å². The van der Waals surface area contributed by atoms with E-state index < -0.39 is 0 Å². The molecule has 4 nitrogen and oxygen atoms in total. The maximum absolute atomic E-state index is 13.0. The third kappa shape index (κ3) is 4.79. The number of carbonyl (C=O) groups excluding carboxylic acids is 1. The van der Waals surface area contributed by atoms with Crippen LogP contribution in [0.5, 0.6) is 0 Å². The number of amides is 1. The summed E-state index contributed by atoms with van der Waals surface area (Å²) < 4.78 is 13.0. The lowest BCUT2D eigenvalue weighted by atomic mass is 9.89. The number of hydrazine groups is 1. The molecular weight excluding hydrogens is 317 g/mol. The highest BCUT2D eigenvalue weighted by Crippen LogP contribution is 2.25. The number of nitrogens with one attached hydrogen (secondary N) is 2. The zero-order chi connectivity index (χ0) is 17.6. The first-order chi connectivity index (χ1) is 12.2. The molecule has 0 spiro atoms. The van der Waals surface area contributed by atoms with Gasteiger partial charge in [0.05, 0.1) is 5.92 Å². The normalized spacial score (nSPS) is 26.8. The molecule has 2 N–H and O–H groups in total. The summed E-state index contributed by atoms with van der Waals surface area (Å²) in [5, 5.41) is 0. The topological polar surface area (TPSA) is 44.4 Å². The van der Waals surface area contributed by atoms with Crippen LogP contribution in [0.3, 0.4) is 0 Å². The maximum Gasteiger partial charge on any atom is 0.228 e. The lowest BCUT2D eigenvalue weighted by molar-refractivity contribution is -0.137. The number of hydrogen-bond acceptors (Lipinski definition) is 3. The second-order valence-electron chi connectivity index (χ2n) is 7.48. The van der Waals surface area contributed by atoms with Gasteiger partial charge in [-0.05, 0) is 55.7 Å². The molecule has 1 aromatic rings. The van der Waals surface area contributed by atoms with E-state index in [4.69, 9.17) is 0 Å². The van der Waals surface area contributed by atoms with Crippen LogP contribution in [0, 0.1) is 17.7 Å². The molecule has 0 radical (unpaired) electrons. The molecule has 3 unspecified atom stereocenters. The molecule has 5 heteroatoms.